The molecule has 11 heteroatoms. The molecule has 1 radical (unpaired) electrons. The van der Waals surface area contributed by atoms with Crippen molar-refractivity contribution in [3.05, 3.63) is 7.43 Å². The van der Waals surface area contributed by atoms with Crippen LogP contribution >= 0.6 is 0 Å². The Bertz CT molecular complexity index is 385. The van der Waals surface area contributed by atoms with E-state index in [1.165, 1.54) is 0 Å². The second-order valence-corrected chi connectivity index (χ2v) is 3.82. The van der Waals surface area contributed by atoms with Gasteiger partial charge < -0.3 is 42.1 Å². The maximum absolute atomic E-state index is 11.3. The molecule has 0 heterocycles. The summed E-state index contributed by atoms with van der Waals surface area (Å²) in [7, 11) is 0. The molecule has 2 unspecified atom stereocenters. The van der Waals surface area contributed by atoms with Gasteiger partial charge in [-0.25, -0.2) is 4.79 Å². The van der Waals surface area contributed by atoms with Crippen molar-refractivity contribution in [1.82, 2.24) is 0 Å². The fourth-order valence-electron chi connectivity index (χ4n) is 1.12. The summed E-state index contributed by atoms with van der Waals surface area (Å²) in [5.74, 6) is -4.74. The molecular formula is C11H16O10Y-2. The molecule has 0 amide bonds. The predicted molar refractivity (Wildman–Crippen MR) is 64.5 cm³/mol. The maximum Gasteiger partial charge on any atom is 0.336 e. The number of carbonyl (C=O) groups excluding carboxylic acids is 2. The van der Waals surface area contributed by atoms with Gasteiger partial charge in [0.05, 0.1) is 19.4 Å². The van der Waals surface area contributed by atoms with E-state index in [-0.39, 0.29) is 40.1 Å². The van der Waals surface area contributed by atoms with E-state index < -0.39 is 55.7 Å². The first kappa shape index (κ1) is 25.8. The van der Waals surface area contributed by atoms with E-state index in [2.05, 4.69) is 9.47 Å². The molecule has 0 fully saturated rings. The van der Waals surface area contributed by atoms with E-state index in [9.17, 15) is 24.3 Å². The average Bonchev–Trinajstić information content (AvgIpc) is 2.32. The fourth-order valence-corrected chi connectivity index (χ4v) is 1.12. The monoisotopic (exact) mass is 397 g/mol. The van der Waals surface area contributed by atoms with Crippen LogP contribution in [0, 0.1) is 7.43 Å². The zero-order valence-corrected chi connectivity index (χ0v) is 14.6. The van der Waals surface area contributed by atoms with Gasteiger partial charge in [0.25, 0.3) is 0 Å². The van der Waals surface area contributed by atoms with Crippen molar-refractivity contribution >= 4 is 24.4 Å². The van der Waals surface area contributed by atoms with Crippen molar-refractivity contribution in [1.29, 1.82) is 0 Å². The Balaban J connectivity index is -0.00000180. The molecule has 0 rings (SSSR count). The SMILES string of the molecule is O=[C-]OCC(O)COC(=O)CC(O)(CC(=O)O)C(=O)O.[CH3-].[Y]. The topological polar surface area (TPSA) is 168 Å². The van der Waals surface area contributed by atoms with E-state index in [1.807, 2.05) is 0 Å². The predicted octanol–water partition coefficient (Wildman–Crippen LogP) is -1.90. The molecule has 0 spiro atoms. The van der Waals surface area contributed by atoms with Gasteiger partial charge in [0.1, 0.15) is 12.7 Å². The number of carboxylic acid groups (broad SMARTS) is 2. The molecule has 2 atom stereocenters. The van der Waals surface area contributed by atoms with Crippen molar-refractivity contribution < 1.29 is 81.8 Å². The minimum atomic E-state index is -2.80. The number of hydrogen-bond acceptors (Lipinski definition) is 8. The van der Waals surface area contributed by atoms with Gasteiger partial charge in [-0.3, -0.25) is 9.59 Å². The van der Waals surface area contributed by atoms with Gasteiger partial charge in [-0.15, -0.1) is 0 Å². The van der Waals surface area contributed by atoms with E-state index in [4.69, 9.17) is 15.3 Å². The maximum atomic E-state index is 11.3. The molecule has 0 saturated carbocycles. The van der Waals surface area contributed by atoms with Crippen LogP contribution in [-0.4, -0.2) is 69.7 Å². The smallest absolute Gasteiger partial charge is 0.336 e. The second kappa shape index (κ2) is 12.4. The van der Waals surface area contributed by atoms with Gasteiger partial charge in [0, 0.05) is 32.7 Å². The minimum Gasteiger partial charge on any atom is -0.651 e. The molecule has 0 aromatic carbocycles. The van der Waals surface area contributed by atoms with Crippen molar-refractivity contribution in [2.75, 3.05) is 13.2 Å². The van der Waals surface area contributed by atoms with Gasteiger partial charge in [-0.05, 0) is 0 Å². The Morgan fingerprint density at radius 1 is 1.14 bits per heavy atom. The zero-order chi connectivity index (χ0) is 15.8. The van der Waals surface area contributed by atoms with Crippen LogP contribution in [0.15, 0.2) is 0 Å². The summed E-state index contributed by atoms with van der Waals surface area (Å²) in [4.78, 5) is 42.1. The van der Waals surface area contributed by atoms with Crippen molar-refractivity contribution in [3.8, 4) is 0 Å². The Kier molecular flexibility index (Phi) is 14.6. The first-order valence-electron chi connectivity index (χ1n) is 5.21. The number of esters is 1. The molecule has 0 bridgehead atoms. The van der Waals surface area contributed by atoms with E-state index >= 15 is 0 Å². The van der Waals surface area contributed by atoms with Crippen LogP contribution in [0.25, 0.3) is 0 Å². The first-order chi connectivity index (χ1) is 9.21. The zero-order valence-electron chi connectivity index (χ0n) is 11.7. The molecule has 10 nitrogen and oxygen atoms in total. The Hall–Kier alpha value is -1.10. The van der Waals surface area contributed by atoms with Crippen molar-refractivity contribution in [2.24, 2.45) is 0 Å². The molecule has 22 heavy (non-hydrogen) atoms. The molecule has 0 aliphatic heterocycles. The average molecular weight is 397 g/mol. The molecule has 125 valence electrons. The van der Waals surface area contributed by atoms with E-state index in [0.717, 1.165) is 6.47 Å². The van der Waals surface area contributed by atoms with Crippen LogP contribution < -0.4 is 0 Å². The number of carbonyl (C=O) groups is 3. The molecule has 0 saturated heterocycles. The van der Waals surface area contributed by atoms with Crippen LogP contribution in [0.4, 0.5) is 0 Å². The van der Waals surface area contributed by atoms with Crippen LogP contribution in [-0.2, 0) is 61.4 Å². The molecular weight excluding hydrogens is 381 g/mol. The van der Waals surface area contributed by atoms with Gasteiger partial charge in [0.15, 0.2) is 5.60 Å². The standard InChI is InChI=1S/C10H13O10.CH3.Y/c11-5-19-3-6(12)4-20-8(15)2-10(18,9(16)17)1-7(13)14;;/h6,12,18H,1-4H2,(H,13,14)(H,16,17);1H3;/q2*-1;. The largest absolute Gasteiger partial charge is 0.651 e. The fraction of sp³-hybridized carbons (Fsp3) is 0.545. The van der Waals surface area contributed by atoms with Gasteiger partial charge >= 0.3 is 17.9 Å². The van der Waals surface area contributed by atoms with E-state index in [1.54, 1.807) is 0 Å². The van der Waals surface area contributed by atoms with Crippen LogP contribution in [0.1, 0.15) is 12.8 Å². The summed E-state index contributed by atoms with van der Waals surface area (Å²) in [6.45, 7) is -0.0852. The molecule has 0 aliphatic rings. The number of ether oxygens (including phenoxy) is 2. The van der Waals surface area contributed by atoms with Crippen LogP contribution in [0.2, 0.25) is 0 Å². The van der Waals surface area contributed by atoms with Gasteiger partial charge in [0.2, 0.25) is 0 Å². The molecule has 4 N–H and O–H groups in total. The molecule has 0 aromatic heterocycles. The van der Waals surface area contributed by atoms with E-state index in [0.29, 0.717) is 0 Å². The number of aliphatic carboxylic acids is 2. The van der Waals surface area contributed by atoms with Gasteiger partial charge in [-0.2, -0.15) is 0 Å². The summed E-state index contributed by atoms with van der Waals surface area (Å²) in [6.07, 6.45) is -3.65. The second-order valence-electron chi connectivity index (χ2n) is 3.82. The third-order valence-electron chi connectivity index (χ3n) is 2.05. The Morgan fingerprint density at radius 2 is 1.68 bits per heavy atom. The summed E-state index contributed by atoms with van der Waals surface area (Å²) in [5.41, 5.74) is -2.80. The summed E-state index contributed by atoms with van der Waals surface area (Å²) in [5, 5.41) is 35.8. The van der Waals surface area contributed by atoms with Crippen molar-refractivity contribution in [3.63, 3.8) is 0 Å². The molecule has 0 aromatic rings. The number of aliphatic hydroxyl groups excluding tert-OH is 1. The third-order valence-corrected chi connectivity index (χ3v) is 2.05. The number of carboxylic acids is 2. The normalized spacial score (nSPS) is 13.4. The Labute approximate surface area is 151 Å². The van der Waals surface area contributed by atoms with Gasteiger partial charge in [-0.1, -0.05) is 6.47 Å². The first-order valence-corrected chi connectivity index (χ1v) is 5.21. The summed E-state index contributed by atoms with van der Waals surface area (Å²) < 4.78 is 8.46. The summed E-state index contributed by atoms with van der Waals surface area (Å²) >= 11 is 0. The number of rotatable bonds is 10. The number of aliphatic hydroxyl groups is 2. The van der Waals surface area contributed by atoms with Crippen LogP contribution in [0.5, 0.6) is 0 Å². The quantitative estimate of drug-likeness (QED) is 0.241. The van der Waals surface area contributed by atoms with Crippen molar-refractivity contribution in [2.45, 2.75) is 24.5 Å². The number of hydrogen-bond donors (Lipinski definition) is 4. The molecule has 0 aliphatic carbocycles. The minimum absolute atomic E-state index is 0. The Morgan fingerprint density at radius 3 is 2.09 bits per heavy atom. The third kappa shape index (κ3) is 10.6. The van der Waals surface area contributed by atoms with Crippen LogP contribution in [0.3, 0.4) is 0 Å². The summed E-state index contributed by atoms with van der Waals surface area (Å²) in [6, 6.07) is 0.